The second-order valence-corrected chi connectivity index (χ2v) is 6.45. The van der Waals surface area contributed by atoms with E-state index in [-0.39, 0.29) is 16.7 Å². The van der Waals surface area contributed by atoms with Gasteiger partial charge in [-0.2, -0.15) is 13.2 Å². The van der Waals surface area contributed by atoms with Crippen molar-refractivity contribution in [2.45, 2.75) is 37.2 Å². The molecule has 0 fully saturated rings. The molecule has 118 valence electrons. The highest BCUT2D eigenvalue weighted by atomic mass is 32.2. The zero-order valence-electron chi connectivity index (χ0n) is 11.8. The van der Waals surface area contributed by atoms with Crippen molar-refractivity contribution in [1.29, 1.82) is 0 Å². The summed E-state index contributed by atoms with van der Waals surface area (Å²) in [6.07, 6.45) is 0.477. The van der Waals surface area contributed by atoms with Crippen LogP contribution < -0.4 is 5.32 Å². The molecule has 0 radical (unpaired) electrons. The maximum absolute atomic E-state index is 12.2. The molecule has 3 nitrogen and oxygen atoms in total. The number of nitrogens with one attached hydrogen (secondary N) is 1. The zero-order valence-corrected chi connectivity index (χ0v) is 12.6. The minimum atomic E-state index is -4.28. The first-order valence-electron chi connectivity index (χ1n) is 6.39. The highest BCUT2D eigenvalue weighted by Gasteiger charge is 2.29. The Kier molecular flexibility index (Phi) is 6.10. The van der Waals surface area contributed by atoms with Crippen LogP contribution in [0, 0.1) is 5.41 Å². The molecule has 0 unspecified atom stereocenters. The van der Waals surface area contributed by atoms with Crippen LogP contribution in [0.15, 0.2) is 29.2 Å². The quantitative estimate of drug-likeness (QED) is 0.591. The lowest BCUT2D eigenvalue weighted by Crippen LogP contribution is -2.28. The summed E-state index contributed by atoms with van der Waals surface area (Å²) >= 11 is -0.141. The normalized spacial score (nSPS) is 12.4. The number of hydrogen-bond donors (Lipinski definition) is 2. The maximum atomic E-state index is 12.2. The second-order valence-electron chi connectivity index (χ2n) is 5.31. The van der Waals surface area contributed by atoms with Crippen molar-refractivity contribution in [3.63, 3.8) is 0 Å². The van der Waals surface area contributed by atoms with Crippen molar-refractivity contribution in [3.05, 3.63) is 29.8 Å². The summed E-state index contributed by atoms with van der Waals surface area (Å²) in [6.45, 7) is 4.32. The lowest BCUT2D eigenvalue weighted by Gasteiger charge is -2.19. The average Bonchev–Trinajstić information content (AvgIpc) is 2.34. The van der Waals surface area contributed by atoms with E-state index in [9.17, 15) is 18.0 Å². The molecular weight excluding hydrogens is 303 g/mol. The SMILES string of the molecule is CC(C)(CCNCc1ccc(SC(F)(F)F)cc1)C(=O)O. The predicted octanol–water partition coefficient (Wildman–Crippen LogP) is 3.89. The molecule has 0 aliphatic carbocycles. The van der Waals surface area contributed by atoms with Crippen LogP contribution in [-0.2, 0) is 11.3 Å². The van der Waals surface area contributed by atoms with Gasteiger partial charge in [-0.25, -0.2) is 0 Å². The summed E-state index contributed by atoms with van der Waals surface area (Å²) in [5.74, 6) is -0.849. The Balaban J connectivity index is 2.38. The molecule has 0 aromatic heterocycles. The highest BCUT2D eigenvalue weighted by molar-refractivity contribution is 8.00. The van der Waals surface area contributed by atoms with E-state index in [1.807, 2.05) is 0 Å². The van der Waals surface area contributed by atoms with Gasteiger partial charge in [-0.05, 0) is 56.3 Å². The van der Waals surface area contributed by atoms with Gasteiger partial charge in [-0.15, -0.1) is 0 Å². The lowest BCUT2D eigenvalue weighted by molar-refractivity contribution is -0.147. The van der Waals surface area contributed by atoms with Gasteiger partial charge in [0.15, 0.2) is 0 Å². The first-order valence-corrected chi connectivity index (χ1v) is 7.21. The number of benzene rings is 1. The molecule has 1 rings (SSSR count). The number of hydrogen-bond acceptors (Lipinski definition) is 3. The number of thioether (sulfide) groups is 1. The van der Waals surface area contributed by atoms with Gasteiger partial charge in [0, 0.05) is 11.4 Å². The third-order valence-electron chi connectivity index (χ3n) is 2.99. The van der Waals surface area contributed by atoms with Gasteiger partial charge >= 0.3 is 11.5 Å². The maximum Gasteiger partial charge on any atom is 0.446 e. The Morgan fingerprint density at radius 2 is 1.81 bits per heavy atom. The van der Waals surface area contributed by atoms with Crippen molar-refractivity contribution in [1.82, 2.24) is 5.32 Å². The van der Waals surface area contributed by atoms with Gasteiger partial charge in [0.2, 0.25) is 0 Å². The molecule has 2 N–H and O–H groups in total. The van der Waals surface area contributed by atoms with Gasteiger partial charge in [-0.3, -0.25) is 4.79 Å². The molecule has 0 amide bonds. The largest absolute Gasteiger partial charge is 0.481 e. The van der Waals surface area contributed by atoms with Crippen molar-refractivity contribution in [2.24, 2.45) is 5.41 Å². The van der Waals surface area contributed by atoms with Gasteiger partial charge in [0.05, 0.1) is 5.41 Å². The van der Waals surface area contributed by atoms with Gasteiger partial charge in [-0.1, -0.05) is 12.1 Å². The number of halogens is 3. The lowest BCUT2D eigenvalue weighted by atomic mass is 9.90. The van der Waals surface area contributed by atoms with Crippen molar-refractivity contribution in [3.8, 4) is 0 Å². The summed E-state index contributed by atoms with van der Waals surface area (Å²) in [4.78, 5) is 11.1. The molecule has 1 aromatic rings. The fourth-order valence-electron chi connectivity index (χ4n) is 1.55. The van der Waals surface area contributed by atoms with E-state index in [2.05, 4.69) is 5.32 Å². The molecule has 0 aliphatic rings. The molecule has 21 heavy (non-hydrogen) atoms. The number of aliphatic carboxylic acids is 1. The van der Waals surface area contributed by atoms with Gasteiger partial charge < -0.3 is 10.4 Å². The molecule has 0 saturated heterocycles. The highest BCUT2D eigenvalue weighted by Crippen LogP contribution is 2.36. The van der Waals surface area contributed by atoms with Crippen LogP contribution in [0.2, 0.25) is 0 Å². The third-order valence-corrected chi connectivity index (χ3v) is 3.73. The Morgan fingerprint density at radius 1 is 1.24 bits per heavy atom. The molecule has 0 spiro atoms. The van der Waals surface area contributed by atoms with Crippen LogP contribution in [0.3, 0.4) is 0 Å². The minimum Gasteiger partial charge on any atom is -0.481 e. The third kappa shape index (κ3) is 6.86. The van der Waals surface area contributed by atoms with Crippen LogP contribution in [0.1, 0.15) is 25.8 Å². The summed E-state index contributed by atoms with van der Waals surface area (Å²) in [7, 11) is 0. The van der Waals surface area contributed by atoms with Gasteiger partial charge in [0.25, 0.3) is 0 Å². The van der Waals surface area contributed by atoms with Crippen LogP contribution in [0.25, 0.3) is 0 Å². The summed E-state index contributed by atoms with van der Waals surface area (Å²) in [5, 5.41) is 12.0. The van der Waals surface area contributed by atoms with Gasteiger partial charge in [0.1, 0.15) is 0 Å². The first kappa shape index (κ1) is 17.8. The Morgan fingerprint density at radius 3 is 2.29 bits per heavy atom. The van der Waals surface area contributed by atoms with E-state index in [1.54, 1.807) is 26.0 Å². The first-order chi connectivity index (χ1) is 9.60. The fourth-order valence-corrected chi connectivity index (χ4v) is 2.09. The van der Waals surface area contributed by atoms with E-state index in [0.717, 1.165) is 5.56 Å². The van der Waals surface area contributed by atoms with E-state index in [4.69, 9.17) is 5.11 Å². The number of carboxylic acid groups (broad SMARTS) is 1. The topological polar surface area (TPSA) is 49.3 Å². The van der Waals surface area contributed by atoms with Crippen molar-refractivity contribution in [2.75, 3.05) is 6.54 Å². The van der Waals surface area contributed by atoms with Crippen molar-refractivity contribution < 1.29 is 23.1 Å². The van der Waals surface area contributed by atoms with Crippen LogP contribution in [0.5, 0.6) is 0 Å². The summed E-state index contributed by atoms with van der Waals surface area (Å²) < 4.78 is 36.5. The molecule has 0 atom stereocenters. The molecular formula is C14H18F3NO2S. The van der Waals surface area contributed by atoms with Crippen LogP contribution in [0.4, 0.5) is 13.2 Å². The molecule has 0 saturated carbocycles. The van der Waals surface area contributed by atoms with Crippen molar-refractivity contribution >= 4 is 17.7 Å². The smallest absolute Gasteiger partial charge is 0.446 e. The zero-order chi connectivity index (χ0) is 16.1. The molecule has 1 aromatic carbocycles. The predicted molar refractivity (Wildman–Crippen MR) is 76.1 cm³/mol. The van der Waals surface area contributed by atoms with E-state index in [0.29, 0.717) is 19.5 Å². The monoisotopic (exact) mass is 321 g/mol. The Labute approximate surface area is 125 Å². The summed E-state index contributed by atoms with van der Waals surface area (Å²) in [5.41, 5.74) is -4.21. The summed E-state index contributed by atoms with van der Waals surface area (Å²) in [6, 6.07) is 6.11. The van der Waals surface area contributed by atoms with Crippen LogP contribution in [-0.4, -0.2) is 23.1 Å². The standard InChI is InChI=1S/C14H18F3NO2S/c1-13(2,12(19)20)7-8-18-9-10-3-5-11(6-4-10)21-14(15,16)17/h3-6,18H,7-9H2,1-2H3,(H,19,20). The number of carboxylic acids is 1. The number of rotatable bonds is 7. The van der Waals surface area contributed by atoms with E-state index in [1.165, 1.54) is 12.1 Å². The molecule has 0 heterocycles. The second kappa shape index (κ2) is 7.17. The number of alkyl halides is 3. The Bertz CT molecular complexity index is 472. The average molecular weight is 321 g/mol. The van der Waals surface area contributed by atoms with Crippen LogP contribution >= 0.6 is 11.8 Å². The number of carbonyl (C=O) groups is 1. The fraction of sp³-hybridized carbons (Fsp3) is 0.500. The molecule has 7 heteroatoms. The minimum absolute atomic E-state index is 0.141. The Hall–Kier alpha value is -1.21. The molecule has 0 bridgehead atoms. The van der Waals surface area contributed by atoms with E-state index >= 15 is 0 Å². The molecule has 0 aliphatic heterocycles. The van der Waals surface area contributed by atoms with E-state index < -0.39 is 16.9 Å².